The predicted molar refractivity (Wildman–Crippen MR) is 106 cm³/mol. The Bertz CT molecular complexity index is 876. The first kappa shape index (κ1) is 19.0. The van der Waals surface area contributed by atoms with Gasteiger partial charge in [-0.1, -0.05) is 35.9 Å². The summed E-state index contributed by atoms with van der Waals surface area (Å²) >= 11 is 0. The molecule has 0 radical (unpaired) electrons. The van der Waals surface area contributed by atoms with Crippen LogP contribution in [0.4, 0.5) is 5.69 Å². The van der Waals surface area contributed by atoms with E-state index in [2.05, 4.69) is 11.4 Å². The number of anilines is 1. The van der Waals surface area contributed by atoms with Crippen molar-refractivity contribution >= 4 is 17.5 Å². The molecule has 1 heterocycles. The van der Waals surface area contributed by atoms with Crippen LogP contribution in [0.25, 0.3) is 0 Å². The van der Waals surface area contributed by atoms with Crippen molar-refractivity contribution in [2.45, 2.75) is 40.2 Å². The molecule has 0 unspecified atom stereocenters. The fourth-order valence-electron chi connectivity index (χ4n) is 3.67. The minimum atomic E-state index is -0.603. The molecule has 2 aromatic carbocycles. The van der Waals surface area contributed by atoms with Gasteiger partial charge >= 0.3 is 0 Å². The minimum absolute atomic E-state index is 0.0789. The highest BCUT2D eigenvalue weighted by Crippen LogP contribution is 2.39. The van der Waals surface area contributed by atoms with Gasteiger partial charge in [-0.3, -0.25) is 9.59 Å². The van der Waals surface area contributed by atoms with E-state index in [-0.39, 0.29) is 11.8 Å². The largest absolute Gasteiger partial charge is 0.493 e. The molecule has 3 rings (SSSR count). The Morgan fingerprint density at radius 2 is 1.89 bits per heavy atom. The highest BCUT2D eigenvalue weighted by atomic mass is 16.5. The van der Waals surface area contributed by atoms with Crippen LogP contribution in [0.15, 0.2) is 36.4 Å². The molecule has 0 saturated heterocycles. The summed E-state index contributed by atoms with van der Waals surface area (Å²) in [5, 5.41) is 2.79. The lowest BCUT2D eigenvalue weighted by molar-refractivity contribution is -0.126. The molecule has 142 valence electrons. The first-order valence-corrected chi connectivity index (χ1v) is 9.26. The van der Waals surface area contributed by atoms with E-state index in [1.807, 2.05) is 51.1 Å². The highest BCUT2D eigenvalue weighted by Gasteiger charge is 2.38. The van der Waals surface area contributed by atoms with Crippen molar-refractivity contribution in [1.82, 2.24) is 5.32 Å². The third-order valence-corrected chi connectivity index (χ3v) is 4.79. The van der Waals surface area contributed by atoms with Crippen LogP contribution in [0.3, 0.4) is 0 Å². The number of hydrogen-bond acceptors (Lipinski definition) is 3. The SMILES string of the molecule is CC(=O)N[C@H]1C(=O)N(CCCOc2ccccc2C)c2c(C)cc(C)cc21. The van der Waals surface area contributed by atoms with Crippen LogP contribution in [0.2, 0.25) is 0 Å². The van der Waals surface area contributed by atoms with Gasteiger partial charge in [0.05, 0.1) is 12.3 Å². The molecule has 5 nitrogen and oxygen atoms in total. The zero-order chi connectivity index (χ0) is 19.6. The number of nitrogens with zero attached hydrogens (tertiary/aromatic N) is 1. The van der Waals surface area contributed by atoms with Crippen LogP contribution in [-0.4, -0.2) is 25.0 Å². The van der Waals surface area contributed by atoms with E-state index < -0.39 is 6.04 Å². The molecule has 0 fully saturated rings. The third kappa shape index (κ3) is 3.97. The van der Waals surface area contributed by atoms with Crippen LogP contribution < -0.4 is 15.0 Å². The molecule has 2 amide bonds. The Morgan fingerprint density at radius 3 is 2.59 bits per heavy atom. The van der Waals surface area contributed by atoms with Gasteiger partial charge in [-0.05, 0) is 44.4 Å². The minimum Gasteiger partial charge on any atom is -0.493 e. The van der Waals surface area contributed by atoms with E-state index in [0.717, 1.165) is 33.7 Å². The summed E-state index contributed by atoms with van der Waals surface area (Å²) in [5.74, 6) is 0.585. The second kappa shape index (κ2) is 7.82. The van der Waals surface area contributed by atoms with E-state index in [0.29, 0.717) is 19.6 Å². The Morgan fingerprint density at radius 1 is 1.15 bits per heavy atom. The quantitative estimate of drug-likeness (QED) is 0.795. The molecule has 1 aliphatic heterocycles. The molecule has 0 spiro atoms. The number of carbonyl (C=O) groups excluding carboxylic acids is 2. The Kier molecular flexibility index (Phi) is 5.49. The molecular formula is C22H26N2O3. The van der Waals surface area contributed by atoms with E-state index in [4.69, 9.17) is 4.74 Å². The van der Waals surface area contributed by atoms with E-state index in [1.165, 1.54) is 6.92 Å². The van der Waals surface area contributed by atoms with Gasteiger partial charge in [-0.2, -0.15) is 0 Å². The van der Waals surface area contributed by atoms with Crippen molar-refractivity contribution in [3.8, 4) is 5.75 Å². The second-order valence-electron chi connectivity index (χ2n) is 7.11. The van der Waals surface area contributed by atoms with Gasteiger partial charge < -0.3 is 15.0 Å². The topological polar surface area (TPSA) is 58.6 Å². The molecule has 0 saturated carbocycles. The van der Waals surface area contributed by atoms with Crippen molar-refractivity contribution in [2.24, 2.45) is 0 Å². The molecule has 0 bridgehead atoms. The molecule has 1 atom stereocenters. The van der Waals surface area contributed by atoms with Gasteiger partial charge in [0.2, 0.25) is 5.91 Å². The Hall–Kier alpha value is -2.82. The summed E-state index contributed by atoms with van der Waals surface area (Å²) < 4.78 is 5.85. The number of para-hydroxylation sites is 1. The van der Waals surface area contributed by atoms with Crippen LogP contribution in [0.5, 0.6) is 5.75 Å². The van der Waals surface area contributed by atoms with Crippen molar-refractivity contribution in [1.29, 1.82) is 0 Å². The molecule has 1 aliphatic rings. The van der Waals surface area contributed by atoms with Gasteiger partial charge in [0.15, 0.2) is 0 Å². The maximum absolute atomic E-state index is 13.0. The molecule has 2 aromatic rings. The molecule has 1 N–H and O–H groups in total. The lowest BCUT2D eigenvalue weighted by Gasteiger charge is -2.20. The Balaban J connectivity index is 1.73. The number of hydrogen-bond donors (Lipinski definition) is 1. The average molecular weight is 366 g/mol. The van der Waals surface area contributed by atoms with Crippen molar-refractivity contribution in [2.75, 3.05) is 18.1 Å². The molecular weight excluding hydrogens is 340 g/mol. The smallest absolute Gasteiger partial charge is 0.254 e. The number of aryl methyl sites for hydroxylation is 3. The summed E-state index contributed by atoms with van der Waals surface area (Å²) in [4.78, 5) is 26.3. The van der Waals surface area contributed by atoms with E-state index in [1.54, 1.807) is 4.90 Å². The first-order chi connectivity index (χ1) is 12.9. The number of fused-ring (bicyclic) bond motifs is 1. The van der Waals surface area contributed by atoms with Crippen LogP contribution in [-0.2, 0) is 9.59 Å². The number of ether oxygens (including phenoxy) is 1. The van der Waals surface area contributed by atoms with E-state index in [9.17, 15) is 9.59 Å². The van der Waals surface area contributed by atoms with Crippen molar-refractivity contribution in [3.05, 3.63) is 58.7 Å². The highest BCUT2D eigenvalue weighted by molar-refractivity contribution is 6.06. The predicted octanol–water partition coefficient (Wildman–Crippen LogP) is 3.60. The van der Waals surface area contributed by atoms with Gasteiger partial charge in [0, 0.05) is 19.0 Å². The monoisotopic (exact) mass is 366 g/mol. The summed E-state index contributed by atoms with van der Waals surface area (Å²) in [6.07, 6.45) is 0.708. The number of nitrogens with one attached hydrogen (secondary N) is 1. The fourth-order valence-corrected chi connectivity index (χ4v) is 3.67. The summed E-state index contributed by atoms with van der Waals surface area (Å²) in [6.45, 7) is 8.54. The van der Waals surface area contributed by atoms with Gasteiger partial charge in [0.25, 0.3) is 5.91 Å². The maximum Gasteiger partial charge on any atom is 0.254 e. The Labute approximate surface area is 160 Å². The lowest BCUT2D eigenvalue weighted by atomic mass is 10.0. The summed E-state index contributed by atoms with van der Waals surface area (Å²) in [6, 6.07) is 11.4. The van der Waals surface area contributed by atoms with Crippen LogP contribution in [0, 0.1) is 20.8 Å². The summed E-state index contributed by atoms with van der Waals surface area (Å²) in [5.41, 5.74) is 5.02. The van der Waals surface area contributed by atoms with Crippen molar-refractivity contribution < 1.29 is 14.3 Å². The first-order valence-electron chi connectivity index (χ1n) is 9.26. The standard InChI is InChI=1S/C22H26N2O3/c1-14-12-16(3)21-18(13-14)20(23-17(4)25)22(26)24(21)10-7-11-27-19-9-6-5-8-15(19)2/h5-6,8-9,12-13,20H,7,10-11H2,1-4H3,(H,23,25)/t20-/m1/s1. The number of amides is 2. The van der Waals surface area contributed by atoms with E-state index >= 15 is 0 Å². The maximum atomic E-state index is 13.0. The average Bonchev–Trinajstić information content (AvgIpc) is 2.85. The molecule has 5 heteroatoms. The van der Waals surface area contributed by atoms with Crippen molar-refractivity contribution in [3.63, 3.8) is 0 Å². The number of carbonyl (C=O) groups is 2. The lowest BCUT2D eigenvalue weighted by Crippen LogP contribution is -2.37. The zero-order valence-electron chi connectivity index (χ0n) is 16.3. The molecule has 27 heavy (non-hydrogen) atoms. The number of rotatable bonds is 6. The van der Waals surface area contributed by atoms with Gasteiger partial charge in [-0.15, -0.1) is 0 Å². The van der Waals surface area contributed by atoms with Gasteiger partial charge in [0.1, 0.15) is 11.8 Å². The third-order valence-electron chi connectivity index (χ3n) is 4.79. The zero-order valence-corrected chi connectivity index (χ0v) is 16.3. The molecule has 0 aromatic heterocycles. The van der Waals surface area contributed by atoms with Gasteiger partial charge in [-0.25, -0.2) is 0 Å². The normalized spacial score (nSPS) is 15.6. The van der Waals surface area contributed by atoms with Crippen LogP contribution >= 0.6 is 0 Å². The molecule has 0 aliphatic carbocycles. The number of benzene rings is 2. The fraction of sp³-hybridized carbons (Fsp3) is 0.364. The summed E-state index contributed by atoms with van der Waals surface area (Å²) in [7, 11) is 0. The van der Waals surface area contributed by atoms with Crippen LogP contribution in [0.1, 0.15) is 41.6 Å². The second-order valence-corrected chi connectivity index (χ2v) is 7.11.